The number of rotatable bonds is 3. The Balaban J connectivity index is 1.67. The van der Waals surface area contributed by atoms with Crippen molar-refractivity contribution >= 4 is 44.8 Å². The third kappa shape index (κ3) is 3.37. The predicted octanol–water partition coefficient (Wildman–Crippen LogP) is 4.95. The highest BCUT2D eigenvalue weighted by Gasteiger charge is 2.21. The Labute approximate surface area is 199 Å². The van der Waals surface area contributed by atoms with Crippen LogP contribution in [0.25, 0.3) is 38.8 Å². The number of aromatic carboxylic acids is 1. The number of nitrogens with zero attached hydrogens (tertiary/aromatic N) is 1. The van der Waals surface area contributed by atoms with Crippen LogP contribution >= 0.6 is 0 Å². The lowest BCUT2D eigenvalue weighted by Gasteiger charge is -2.24. The molecular weight excluding hydrogens is 440 g/mol. The molecule has 0 bridgehead atoms. The molecule has 0 spiro atoms. The molecule has 6 heteroatoms. The fraction of sp³-hybridized carbons (Fsp3) is 0.138. The second-order valence-electron chi connectivity index (χ2n) is 9.23. The number of benzene rings is 3. The zero-order valence-electron chi connectivity index (χ0n) is 19.0. The lowest BCUT2D eigenvalue weighted by atomic mass is 9.92. The van der Waals surface area contributed by atoms with Crippen molar-refractivity contribution in [3.8, 4) is 0 Å². The van der Waals surface area contributed by atoms with Crippen molar-refractivity contribution < 1.29 is 9.90 Å². The Bertz CT molecular complexity index is 1830. The van der Waals surface area contributed by atoms with Crippen LogP contribution in [0.1, 0.15) is 34.1 Å². The number of H-pyrrole nitrogens is 1. The molecule has 6 rings (SSSR count). The van der Waals surface area contributed by atoms with Crippen LogP contribution in [0.2, 0.25) is 0 Å². The zero-order chi connectivity index (χ0) is 24.3. The van der Waals surface area contributed by atoms with Crippen molar-refractivity contribution in [1.82, 2.24) is 9.55 Å². The van der Waals surface area contributed by atoms with E-state index >= 15 is 0 Å². The smallest absolute Gasteiger partial charge is 0.335 e. The summed E-state index contributed by atoms with van der Waals surface area (Å²) in [5, 5.41) is 10.9. The average Bonchev–Trinajstić information content (AvgIpc) is 2.86. The minimum Gasteiger partial charge on any atom is -0.478 e. The van der Waals surface area contributed by atoms with Gasteiger partial charge in [0.2, 0.25) is 0 Å². The van der Waals surface area contributed by atoms with Crippen molar-refractivity contribution in [3.05, 3.63) is 110 Å². The van der Waals surface area contributed by atoms with E-state index in [4.69, 9.17) is 0 Å². The SMILES string of the molecule is CC1C=Cc2c(n(Cc3ccc(C(=O)O)cc3)c3cc4c(=O)c5ccccc5[nH]c4cc3c2=O)C1. The van der Waals surface area contributed by atoms with E-state index in [1.807, 2.05) is 30.3 Å². The van der Waals surface area contributed by atoms with Gasteiger partial charge in [-0.1, -0.05) is 43.3 Å². The molecule has 35 heavy (non-hydrogen) atoms. The van der Waals surface area contributed by atoms with Crippen LogP contribution in [-0.4, -0.2) is 20.6 Å². The van der Waals surface area contributed by atoms with Crippen molar-refractivity contribution in [1.29, 1.82) is 0 Å². The summed E-state index contributed by atoms with van der Waals surface area (Å²) in [4.78, 5) is 41.5. The third-order valence-electron chi connectivity index (χ3n) is 6.89. The largest absolute Gasteiger partial charge is 0.478 e. The van der Waals surface area contributed by atoms with Gasteiger partial charge in [-0.15, -0.1) is 0 Å². The summed E-state index contributed by atoms with van der Waals surface area (Å²) in [6.45, 7) is 2.56. The van der Waals surface area contributed by atoms with E-state index in [0.717, 1.165) is 16.8 Å². The molecule has 0 saturated carbocycles. The molecule has 5 aromatic rings. The first-order valence-corrected chi connectivity index (χ1v) is 11.6. The van der Waals surface area contributed by atoms with Crippen LogP contribution < -0.4 is 10.9 Å². The van der Waals surface area contributed by atoms with E-state index in [1.165, 1.54) is 0 Å². The van der Waals surface area contributed by atoms with Gasteiger partial charge in [0.1, 0.15) is 0 Å². The molecule has 1 aliphatic rings. The van der Waals surface area contributed by atoms with Crippen LogP contribution in [0.15, 0.2) is 76.3 Å². The van der Waals surface area contributed by atoms with Crippen molar-refractivity contribution in [3.63, 3.8) is 0 Å². The summed E-state index contributed by atoms with van der Waals surface area (Å²) in [7, 11) is 0. The van der Waals surface area contributed by atoms with Crippen LogP contribution in [0.3, 0.4) is 0 Å². The topological polar surface area (TPSA) is 92.2 Å². The second-order valence-corrected chi connectivity index (χ2v) is 9.23. The van der Waals surface area contributed by atoms with Gasteiger partial charge in [-0.05, 0) is 54.3 Å². The number of pyridine rings is 2. The summed E-state index contributed by atoms with van der Waals surface area (Å²) >= 11 is 0. The number of aromatic amines is 1. The first kappa shape index (κ1) is 21.1. The minimum absolute atomic E-state index is 0.0495. The molecule has 3 aromatic carbocycles. The molecule has 1 atom stereocenters. The number of allylic oxidation sites excluding steroid dienone is 1. The Hall–Kier alpha value is -4.45. The standard InChI is InChI=1S/C29H22N2O4/c1-16-6-11-20-25(12-16)31(15-17-7-9-18(10-8-17)29(34)35)26-14-21-24(13-22(26)28(20)33)30-23-5-3-2-4-19(23)27(21)32/h2-11,13-14,16H,12,15H2,1H3,(H,30,32)(H,34,35). The molecule has 2 N–H and O–H groups in total. The van der Waals surface area contributed by atoms with Gasteiger partial charge < -0.3 is 14.7 Å². The Morgan fingerprint density at radius 2 is 1.74 bits per heavy atom. The molecule has 0 aliphatic heterocycles. The molecule has 1 aliphatic carbocycles. The van der Waals surface area contributed by atoms with Gasteiger partial charge in [0.15, 0.2) is 10.9 Å². The number of hydrogen-bond donors (Lipinski definition) is 2. The quantitative estimate of drug-likeness (QED) is 0.371. The average molecular weight is 463 g/mol. The van der Waals surface area contributed by atoms with Gasteiger partial charge in [-0.3, -0.25) is 9.59 Å². The number of carbonyl (C=O) groups is 1. The lowest BCUT2D eigenvalue weighted by Crippen LogP contribution is -2.23. The van der Waals surface area contributed by atoms with E-state index in [0.29, 0.717) is 45.7 Å². The highest BCUT2D eigenvalue weighted by molar-refractivity contribution is 6.00. The van der Waals surface area contributed by atoms with E-state index in [9.17, 15) is 19.5 Å². The van der Waals surface area contributed by atoms with Crippen LogP contribution in [-0.2, 0) is 13.0 Å². The molecule has 0 amide bonds. The fourth-order valence-corrected chi connectivity index (χ4v) is 5.07. The second kappa shape index (κ2) is 7.81. The monoisotopic (exact) mass is 462 g/mol. The Kier molecular flexibility index (Phi) is 4.71. The van der Waals surface area contributed by atoms with E-state index in [-0.39, 0.29) is 22.3 Å². The van der Waals surface area contributed by atoms with Gasteiger partial charge in [0.05, 0.1) is 16.6 Å². The summed E-state index contributed by atoms with van der Waals surface area (Å²) in [5.41, 5.74) is 4.67. The van der Waals surface area contributed by atoms with Gasteiger partial charge in [0, 0.05) is 39.5 Å². The first-order chi connectivity index (χ1) is 16.9. The minimum atomic E-state index is -0.973. The predicted molar refractivity (Wildman–Crippen MR) is 138 cm³/mol. The number of nitrogens with one attached hydrogen (secondary N) is 1. The maximum absolute atomic E-state index is 13.6. The maximum Gasteiger partial charge on any atom is 0.335 e. The first-order valence-electron chi connectivity index (χ1n) is 11.6. The lowest BCUT2D eigenvalue weighted by molar-refractivity contribution is 0.0697. The zero-order valence-corrected chi connectivity index (χ0v) is 19.0. The molecule has 0 saturated heterocycles. The summed E-state index contributed by atoms with van der Waals surface area (Å²) in [5.74, 6) is -0.701. The van der Waals surface area contributed by atoms with Crippen LogP contribution in [0.4, 0.5) is 0 Å². The molecule has 2 heterocycles. The van der Waals surface area contributed by atoms with Gasteiger partial charge >= 0.3 is 5.97 Å². The Morgan fingerprint density at radius 3 is 2.51 bits per heavy atom. The van der Waals surface area contributed by atoms with Crippen molar-refractivity contribution in [2.75, 3.05) is 0 Å². The Morgan fingerprint density at radius 1 is 0.971 bits per heavy atom. The number of para-hydroxylation sites is 1. The summed E-state index contributed by atoms with van der Waals surface area (Å²) in [6, 6.07) is 17.7. The fourth-order valence-electron chi connectivity index (χ4n) is 5.07. The molecule has 172 valence electrons. The highest BCUT2D eigenvalue weighted by Crippen LogP contribution is 2.28. The molecule has 0 radical (unpaired) electrons. The van der Waals surface area contributed by atoms with Gasteiger partial charge in [-0.2, -0.15) is 0 Å². The van der Waals surface area contributed by atoms with Gasteiger partial charge in [0.25, 0.3) is 0 Å². The van der Waals surface area contributed by atoms with Crippen molar-refractivity contribution in [2.45, 2.75) is 19.9 Å². The van der Waals surface area contributed by atoms with E-state index < -0.39 is 5.97 Å². The number of carboxylic acids is 1. The maximum atomic E-state index is 13.6. The number of aromatic nitrogens is 2. The van der Waals surface area contributed by atoms with Crippen LogP contribution in [0.5, 0.6) is 0 Å². The third-order valence-corrected chi connectivity index (χ3v) is 6.89. The molecule has 2 aromatic heterocycles. The van der Waals surface area contributed by atoms with Gasteiger partial charge in [-0.25, -0.2) is 4.79 Å². The summed E-state index contributed by atoms with van der Waals surface area (Å²) < 4.78 is 2.11. The van der Waals surface area contributed by atoms with E-state index in [1.54, 1.807) is 36.4 Å². The molecule has 0 fully saturated rings. The normalized spacial score (nSPS) is 15.1. The molecular formula is C29H22N2O4. The van der Waals surface area contributed by atoms with Crippen LogP contribution in [0, 0.1) is 5.92 Å². The highest BCUT2D eigenvalue weighted by atomic mass is 16.4. The number of hydrogen-bond acceptors (Lipinski definition) is 3. The molecule has 1 unspecified atom stereocenters. The van der Waals surface area contributed by atoms with E-state index in [2.05, 4.69) is 22.6 Å². The number of fused-ring (bicyclic) bond motifs is 4. The number of carboxylic acid groups (broad SMARTS) is 1. The van der Waals surface area contributed by atoms with Crippen molar-refractivity contribution in [2.24, 2.45) is 5.92 Å². The molecule has 6 nitrogen and oxygen atoms in total. The summed E-state index contributed by atoms with van der Waals surface area (Å²) in [6.07, 6.45) is 4.66.